The van der Waals surface area contributed by atoms with E-state index in [0.717, 1.165) is 34.8 Å². The number of hydrogen-bond acceptors (Lipinski definition) is 10. The van der Waals surface area contributed by atoms with Crippen molar-refractivity contribution in [3.05, 3.63) is 139 Å². The van der Waals surface area contributed by atoms with Gasteiger partial charge in [0.2, 0.25) is 0 Å². The van der Waals surface area contributed by atoms with Crippen molar-refractivity contribution >= 4 is 106 Å². The molecule has 0 fully saturated rings. The summed E-state index contributed by atoms with van der Waals surface area (Å²) < 4.78 is 53.6. The molecule has 0 aliphatic rings. The number of halogens is 5. The van der Waals surface area contributed by atoms with Crippen LogP contribution in [0.1, 0.15) is 42.1 Å². The summed E-state index contributed by atoms with van der Waals surface area (Å²) in [6, 6.07) is 19.5. The SMILES string of the molecule is O=C(Nc1scc(-c2cc(F)c(Cl)cc2F)c1C(=O)O)c1nc2ccccc2o1.O=C(Nc1scc(-c2ccc(Br)cc2F)c1C(=O)O)c1nc2ccccc2o1. The summed E-state index contributed by atoms with van der Waals surface area (Å²) in [5.74, 6) is -7.01. The van der Waals surface area contributed by atoms with Crippen LogP contribution >= 0.6 is 50.2 Å². The molecule has 0 radical (unpaired) electrons. The van der Waals surface area contributed by atoms with Crippen LogP contribution in [0.2, 0.25) is 5.02 Å². The molecule has 4 aromatic heterocycles. The number of aromatic carboxylic acids is 2. The van der Waals surface area contributed by atoms with E-state index in [9.17, 15) is 42.6 Å². The average Bonchev–Trinajstić information content (AvgIpc) is 3.98. The fourth-order valence-corrected chi connectivity index (χ4v) is 7.79. The van der Waals surface area contributed by atoms with E-state index in [4.69, 9.17) is 20.4 Å². The molecule has 0 aliphatic carbocycles. The van der Waals surface area contributed by atoms with Crippen molar-refractivity contribution in [2.45, 2.75) is 0 Å². The summed E-state index contributed by atoms with van der Waals surface area (Å²) in [4.78, 5) is 56.6. The number of rotatable bonds is 8. The van der Waals surface area contributed by atoms with Gasteiger partial charge in [0.25, 0.3) is 11.8 Å². The molecule has 0 unspecified atom stereocenters. The first-order chi connectivity index (χ1) is 27.3. The van der Waals surface area contributed by atoms with Gasteiger partial charge >= 0.3 is 23.8 Å². The molecule has 4 aromatic carbocycles. The van der Waals surface area contributed by atoms with Crippen molar-refractivity contribution in [1.29, 1.82) is 0 Å². The van der Waals surface area contributed by atoms with Crippen LogP contribution in [0, 0.1) is 17.5 Å². The molecule has 19 heteroatoms. The monoisotopic (exact) mass is 894 g/mol. The number of carbonyl (C=O) groups excluding carboxylic acids is 2. The summed E-state index contributed by atoms with van der Waals surface area (Å²) in [5, 5.41) is 26.5. The minimum absolute atomic E-state index is 0.0667. The van der Waals surface area contributed by atoms with Crippen molar-refractivity contribution < 1.29 is 51.4 Å². The summed E-state index contributed by atoms with van der Waals surface area (Å²) in [6.45, 7) is 0. The minimum atomic E-state index is -1.43. The number of nitrogens with zero attached hydrogens (tertiary/aromatic N) is 2. The van der Waals surface area contributed by atoms with Crippen molar-refractivity contribution in [2.24, 2.45) is 0 Å². The Morgan fingerprint density at radius 3 is 1.58 bits per heavy atom. The number of carbonyl (C=O) groups is 4. The number of anilines is 2. The highest BCUT2D eigenvalue weighted by molar-refractivity contribution is 9.10. The minimum Gasteiger partial charge on any atom is -0.478 e. The van der Waals surface area contributed by atoms with Crippen LogP contribution in [-0.4, -0.2) is 43.9 Å². The summed E-state index contributed by atoms with van der Waals surface area (Å²) in [5.41, 5.74) is 1.13. The second kappa shape index (κ2) is 16.0. The Morgan fingerprint density at radius 1 is 0.632 bits per heavy atom. The zero-order valence-corrected chi connectivity index (χ0v) is 32.1. The Morgan fingerprint density at radius 2 is 1.11 bits per heavy atom. The number of para-hydroxylation sites is 4. The molecular formula is C38H19BrClF3N4O8S2. The standard InChI is InChI=1S/C19H10BrFN2O4S.C19H9ClF2N2O4S/c20-9-5-6-10(12(21)7-9)11-8-28-18(15(11)19(25)26)23-16(24)17-22-13-3-1-2-4-14(13)27-17;20-10-6-11(21)8(5-12(10)22)9-7-29-18(15(9)19(26)27)24-16(25)17-23-13-3-1-2-4-14(13)28-17/h1-8H,(H,23,24)(H,25,26);1-7H,(H,24,25)(H,26,27). The van der Waals surface area contributed by atoms with Crippen LogP contribution in [0.3, 0.4) is 0 Å². The first-order valence-electron chi connectivity index (χ1n) is 15.9. The van der Waals surface area contributed by atoms with E-state index in [2.05, 4.69) is 36.5 Å². The lowest BCUT2D eigenvalue weighted by Gasteiger charge is -2.06. The highest BCUT2D eigenvalue weighted by Gasteiger charge is 2.27. The maximum atomic E-state index is 14.3. The lowest BCUT2D eigenvalue weighted by Crippen LogP contribution is -2.14. The van der Waals surface area contributed by atoms with Gasteiger partial charge in [-0.05, 0) is 48.5 Å². The fourth-order valence-electron chi connectivity index (χ4n) is 5.41. The topological polar surface area (TPSA) is 185 Å². The fraction of sp³-hybridized carbons (Fsp3) is 0. The van der Waals surface area contributed by atoms with Gasteiger partial charge in [0, 0.05) is 37.5 Å². The molecule has 0 saturated heterocycles. The number of carboxylic acids is 2. The zero-order chi connectivity index (χ0) is 40.5. The van der Waals surface area contributed by atoms with E-state index >= 15 is 0 Å². The summed E-state index contributed by atoms with van der Waals surface area (Å²) in [6.07, 6.45) is 0. The van der Waals surface area contributed by atoms with Gasteiger partial charge in [-0.3, -0.25) is 9.59 Å². The normalized spacial score (nSPS) is 11.0. The smallest absolute Gasteiger partial charge is 0.339 e. The molecule has 8 aromatic rings. The number of hydrogen-bond donors (Lipinski definition) is 4. The Bertz CT molecular complexity index is 2840. The second-order valence-electron chi connectivity index (χ2n) is 11.6. The number of oxazole rings is 2. The van der Waals surface area contributed by atoms with Crippen molar-refractivity contribution in [3.8, 4) is 22.3 Å². The lowest BCUT2D eigenvalue weighted by molar-refractivity contribution is 0.0688. The van der Waals surface area contributed by atoms with Gasteiger partial charge in [-0.1, -0.05) is 57.9 Å². The van der Waals surface area contributed by atoms with Crippen LogP contribution in [0.25, 0.3) is 44.5 Å². The molecule has 57 heavy (non-hydrogen) atoms. The Balaban J connectivity index is 0.000000174. The van der Waals surface area contributed by atoms with Gasteiger partial charge in [-0.2, -0.15) is 0 Å². The number of nitrogens with one attached hydrogen (secondary N) is 2. The van der Waals surface area contributed by atoms with Crippen molar-refractivity contribution in [2.75, 3.05) is 10.6 Å². The molecule has 0 atom stereocenters. The average molecular weight is 896 g/mol. The number of carboxylic acid groups (broad SMARTS) is 2. The molecule has 0 spiro atoms. The molecule has 4 N–H and O–H groups in total. The number of amides is 2. The van der Waals surface area contributed by atoms with Crippen LogP contribution in [0.5, 0.6) is 0 Å². The zero-order valence-electron chi connectivity index (χ0n) is 28.1. The molecule has 286 valence electrons. The second-order valence-corrected chi connectivity index (χ2v) is 14.7. The number of aromatic nitrogens is 2. The highest BCUT2D eigenvalue weighted by Crippen LogP contribution is 2.39. The van der Waals surface area contributed by atoms with Gasteiger partial charge in [-0.15, -0.1) is 22.7 Å². The first kappa shape index (κ1) is 38.9. The highest BCUT2D eigenvalue weighted by atomic mass is 79.9. The van der Waals surface area contributed by atoms with Crippen LogP contribution in [-0.2, 0) is 0 Å². The third-order valence-electron chi connectivity index (χ3n) is 7.96. The maximum absolute atomic E-state index is 14.3. The maximum Gasteiger partial charge on any atom is 0.339 e. The summed E-state index contributed by atoms with van der Waals surface area (Å²) >= 11 is 10.5. The molecule has 0 aliphatic heterocycles. The van der Waals surface area contributed by atoms with E-state index in [0.29, 0.717) is 26.7 Å². The number of thiophene rings is 2. The lowest BCUT2D eigenvalue weighted by atomic mass is 10.0. The van der Waals surface area contributed by atoms with Crippen molar-refractivity contribution in [1.82, 2.24) is 9.97 Å². The largest absolute Gasteiger partial charge is 0.478 e. The van der Waals surface area contributed by atoms with Gasteiger partial charge in [0.1, 0.15) is 49.6 Å². The number of benzene rings is 4. The van der Waals surface area contributed by atoms with Crippen LogP contribution < -0.4 is 10.6 Å². The van der Waals surface area contributed by atoms with Gasteiger partial charge in [-0.25, -0.2) is 32.7 Å². The van der Waals surface area contributed by atoms with Crippen molar-refractivity contribution in [3.63, 3.8) is 0 Å². The van der Waals surface area contributed by atoms with E-state index < -0.39 is 46.2 Å². The first-order valence-corrected chi connectivity index (χ1v) is 18.9. The molecule has 0 saturated carbocycles. The Kier molecular flexibility index (Phi) is 10.9. The van der Waals surface area contributed by atoms with E-state index in [-0.39, 0.29) is 55.2 Å². The molecule has 0 bridgehead atoms. The molecular weight excluding hydrogens is 877 g/mol. The van der Waals surface area contributed by atoms with Gasteiger partial charge in [0.05, 0.1) is 5.02 Å². The predicted molar refractivity (Wildman–Crippen MR) is 210 cm³/mol. The third-order valence-corrected chi connectivity index (χ3v) is 10.5. The van der Waals surface area contributed by atoms with Crippen LogP contribution in [0.4, 0.5) is 23.2 Å². The summed E-state index contributed by atoms with van der Waals surface area (Å²) in [7, 11) is 0. The quantitative estimate of drug-likeness (QED) is 0.107. The molecule has 2 amide bonds. The van der Waals surface area contributed by atoms with Crippen LogP contribution in [0.15, 0.2) is 103 Å². The van der Waals surface area contributed by atoms with E-state index in [1.807, 2.05) is 0 Å². The molecule has 12 nitrogen and oxygen atoms in total. The van der Waals surface area contributed by atoms with E-state index in [1.54, 1.807) is 54.6 Å². The number of fused-ring (bicyclic) bond motifs is 2. The Hall–Kier alpha value is -6.34. The molecule has 4 heterocycles. The Labute approximate surface area is 338 Å². The predicted octanol–water partition coefficient (Wildman–Crippen LogP) is 10.8. The molecule has 8 rings (SSSR count). The van der Waals surface area contributed by atoms with E-state index in [1.165, 1.54) is 22.9 Å². The van der Waals surface area contributed by atoms with Gasteiger partial charge in [0.15, 0.2) is 11.2 Å². The van der Waals surface area contributed by atoms with Gasteiger partial charge < -0.3 is 29.7 Å². The third kappa shape index (κ3) is 8.01.